The van der Waals surface area contributed by atoms with Gasteiger partial charge in [-0.1, -0.05) is 36.4 Å². The van der Waals surface area contributed by atoms with Gasteiger partial charge in [0.25, 0.3) is 0 Å². The van der Waals surface area contributed by atoms with Gasteiger partial charge in [-0.15, -0.1) is 0 Å². The van der Waals surface area contributed by atoms with E-state index in [2.05, 4.69) is 52.7 Å². The van der Waals surface area contributed by atoms with Gasteiger partial charge in [-0.2, -0.15) is 0 Å². The molecule has 4 heteroatoms. The van der Waals surface area contributed by atoms with Crippen molar-refractivity contribution in [3.63, 3.8) is 0 Å². The highest BCUT2D eigenvalue weighted by molar-refractivity contribution is 5.44. The van der Waals surface area contributed by atoms with Crippen molar-refractivity contribution in [3.05, 3.63) is 59.7 Å². The zero-order valence-electron chi connectivity index (χ0n) is 13.9. The lowest BCUT2D eigenvalue weighted by Gasteiger charge is -2.32. The van der Waals surface area contributed by atoms with Gasteiger partial charge in [-0.25, -0.2) is 0 Å². The van der Waals surface area contributed by atoms with Crippen LogP contribution in [-0.4, -0.2) is 30.8 Å². The van der Waals surface area contributed by atoms with Gasteiger partial charge >= 0.3 is 0 Å². The van der Waals surface area contributed by atoms with Gasteiger partial charge in [0.2, 0.25) is 6.79 Å². The molecule has 0 unspecified atom stereocenters. The highest BCUT2D eigenvalue weighted by Gasteiger charge is 2.20. The number of likely N-dealkylation sites (tertiary alicyclic amines) is 1. The summed E-state index contributed by atoms with van der Waals surface area (Å²) in [4.78, 5) is 2.53. The molecule has 1 fully saturated rings. The van der Waals surface area contributed by atoms with Gasteiger partial charge in [0.1, 0.15) is 0 Å². The number of ether oxygens (including phenoxy) is 2. The van der Waals surface area contributed by atoms with E-state index in [-0.39, 0.29) is 0 Å². The minimum absolute atomic E-state index is 0.345. The number of rotatable bonds is 5. The first-order valence-electron chi connectivity index (χ1n) is 8.75. The average molecular weight is 324 g/mol. The normalized spacial score (nSPS) is 18.0. The molecule has 2 heterocycles. The SMILES string of the molecule is c1ccc(CNC2CCN(Cc3ccc4c(c3)OCO4)CC2)cc1. The molecular weight excluding hydrogens is 300 g/mol. The van der Waals surface area contributed by atoms with Crippen molar-refractivity contribution in [1.29, 1.82) is 0 Å². The summed E-state index contributed by atoms with van der Waals surface area (Å²) in [6, 6.07) is 17.5. The molecule has 0 atom stereocenters. The van der Waals surface area contributed by atoms with Crippen LogP contribution in [0.25, 0.3) is 0 Å². The lowest BCUT2D eigenvalue weighted by Crippen LogP contribution is -2.41. The van der Waals surface area contributed by atoms with Gasteiger partial charge in [0.15, 0.2) is 11.5 Å². The first-order valence-corrected chi connectivity index (χ1v) is 8.75. The van der Waals surface area contributed by atoms with Crippen LogP contribution in [0.2, 0.25) is 0 Å². The van der Waals surface area contributed by atoms with Crippen LogP contribution in [0.3, 0.4) is 0 Å². The minimum atomic E-state index is 0.345. The van der Waals surface area contributed by atoms with Gasteiger partial charge in [-0.05, 0) is 49.2 Å². The maximum absolute atomic E-state index is 5.47. The van der Waals surface area contributed by atoms with E-state index in [0.29, 0.717) is 12.8 Å². The summed E-state index contributed by atoms with van der Waals surface area (Å²) in [6.07, 6.45) is 2.41. The van der Waals surface area contributed by atoms with Crippen molar-refractivity contribution in [2.24, 2.45) is 0 Å². The number of hydrogen-bond donors (Lipinski definition) is 1. The fraction of sp³-hybridized carbons (Fsp3) is 0.400. The van der Waals surface area contributed by atoms with Crippen LogP contribution >= 0.6 is 0 Å². The van der Waals surface area contributed by atoms with Crippen molar-refractivity contribution in [1.82, 2.24) is 10.2 Å². The molecule has 0 aliphatic carbocycles. The molecule has 1 saturated heterocycles. The molecular formula is C20H24N2O2. The zero-order chi connectivity index (χ0) is 16.2. The van der Waals surface area contributed by atoms with Crippen molar-refractivity contribution in [2.75, 3.05) is 19.9 Å². The number of piperidine rings is 1. The summed E-state index contributed by atoms with van der Waals surface area (Å²) >= 11 is 0. The Hall–Kier alpha value is -2.04. The Bertz CT molecular complexity index is 667. The van der Waals surface area contributed by atoms with Crippen LogP contribution in [0.5, 0.6) is 11.5 Å². The molecule has 0 aromatic heterocycles. The quantitative estimate of drug-likeness (QED) is 0.916. The van der Waals surface area contributed by atoms with Crippen LogP contribution in [0.4, 0.5) is 0 Å². The van der Waals surface area contributed by atoms with Crippen LogP contribution in [0, 0.1) is 0 Å². The Morgan fingerprint density at radius 3 is 2.54 bits per heavy atom. The zero-order valence-corrected chi connectivity index (χ0v) is 13.9. The topological polar surface area (TPSA) is 33.7 Å². The Balaban J connectivity index is 1.24. The van der Waals surface area contributed by atoms with Crippen LogP contribution in [0.1, 0.15) is 24.0 Å². The van der Waals surface area contributed by atoms with Crippen molar-refractivity contribution >= 4 is 0 Å². The van der Waals surface area contributed by atoms with E-state index in [1.807, 2.05) is 6.07 Å². The molecule has 0 radical (unpaired) electrons. The van der Waals surface area contributed by atoms with Gasteiger partial charge in [-0.3, -0.25) is 4.90 Å². The molecule has 4 rings (SSSR count). The average Bonchev–Trinajstić information content (AvgIpc) is 3.10. The van der Waals surface area contributed by atoms with Gasteiger partial charge in [0.05, 0.1) is 0 Å². The number of hydrogen-bond acceptors (Lipinski definition) is 4. The molecule has 4 nitrogen and oxygen atoms in total. The maximum atomic E-state index is 5.47. The third-order valence-corrected chi connectivity index (χ3v) is 4.87. The number of fused-ring (bicyclic) bond motifs is 1. The third kappa shape index (κ3) is 3.71. The lowest BCUT2D eigenvalue weighted by atomic mass is 10.0. The molecule has 2 aromatic rings. The molecule has 126 valence electrons. The molecule has 2 aliphatic rings. The minimum Gasteiger partial charge on any atom is -0.454 e. The van der Waals surface area contributed by atoms with Gasteiger partial charge < -0.3 is 14.8 Å². The van der Waals surface area contributed by atoms with E-state index in [1.54, 1.807) is 0 Å². The van der Waals surface area contributed by atoms with Crippen molar-refractivity contribution in [3.8, 4) is 11.5 Å². The predicted octanol–water partition coefficient (Wildman–Crippen LogP) is 3.17. The molecule has 0 amide bonds. The van der Waals surface area contributed by atoms with Crippen molar-refractivity contribution in [2.45, 2.75) is 32.0 Å². The molecule has 0 bridgehead atoms. The van der Waals surface area contributed by atoms with E-state index in [1.165, 1.54) is 24.0 Å². The summed E-state index contributed by atoms with van der Waals surface area (Å²) in [7, 11) is 0. The van der Waals surface area contributed by atoms with Crippen LogP contribution in [-0.2, 0) is 13.1 Å². The van der Waals surface area contributed by atoms with E-state index < -0.39 is 0 Å². The monoisotopic (exact) mass is 324 g/mol. The Kier molecular flexibility index (Phi) is 4.67. The second-order valence-electron chi connectivity index (χ2n) is 6.60. The number of nitrogens with zero attached hydrogens (tertiary/aromatic N) is 1. The number of benzene rings is 2. The van der Waals surface area contributed by atoms with E-state index in [0.717, 1.165) is 37.7 Å². The van der Waals surface area contributed by atoms with Gasteiger partial charge in [0, 0.05) is 19.1 Å². The smallest absolute Gasteiger partial charge is 0.231 e. The molecule has 2 aromatic carbocycles. The maximum Gasteiger partial charge on any atom is 0.231 e. The first kappa shape index (κ1) is 15.5. The van der Waals surface area contributed by atoms with Crippen molar-refractivity contribution < 1.29 is 9.47 Å². The Morgan fingerprint density at radius 2 is 1.71 bits per heavy atom. The summed E-state index contributed by atoms with van der Waals surface area (Å²) in [6.45, 7) is 4.58. The van der Waals surface area contributed by atoms with E-state index in [9.17, 15) is 0 Å². The Labute approximate surface area is 143 Å². The fourth-order valence-corrected chi connectivity index (χ4v) is 3.45. The molecule has 0 saturated carbocycles. The molecule has 24 heavy (non-hydrogen) atoms. The summed E-state index contributed by atoms with van der Waals surface area (Å²) in [5.41, 5.74) is 2.66. The highest BCUT2D eigenvalue weighted by atomic mass is 16.7. The largest absolute Gasteiger partial charge is 0.454 e. The second kappa shape index (κ2) is 7.24. The fourth-order valence-electron chi connectivity index (χ4n) is 3.45. The molecule has 0 spiro atoms. The molecule has 2 aliphatic heterocycles. The van der Waals surface area contributed by atoms with E-state index in [4.69, 9.17) is 9.47 Å². The lowest BCUT2D eigenvalue weighted by molar-refractivity contribution is 0.173. The van der Waals surface area contributed by atoms with Crippen LogP contribution in [0.15, 0.2) is 48.5 Å². The Morgan fingerprint density at radius 1 is 0.917 bits per heavy atom. The number of nitrogens with one attached hydrogen (secondary N) is 1. The highest BCUT2D eigenvalue weighted by Crippen LogP contribution is 2.33. The summed E-state index contributed by atoms with van der Waals surface area (Å²) < 4.78 is 10.8. The van der Waals surface area contributed by atoms with Crippen LogP contribution < -0.4 is 14.8 Å². The first-order chi connectivity index (χ1) is 11.9. The third-order valence-electron chi connectivity index (χ3n) is 4.87. The standard InChI is InChI=1S/C20H24N2O2/c1-2-4-16(5-3-1)13-21-18-8-10-22(11-9-18)14-17-6-7-19-20(12-17)24-15-23-19/h1-7,12,18,21H,8-11,13-15H2. The summed E-state index contributed by atoms with van der Waals surface area (Å²) in [5.74, 6) is 1.74. The second-order valence-corrected chi connectivity index (χ2v) is 6.60. The van der Waals surface area contributed by atoms with E-state index >= 15 is 0 Å². The molecule has 1 N–H and O–H groups in total. The summed E-state index contributed by atoms with van der Waals surface area (Å²) in [5, 5.41) is 3.69. The predicted molar refractivity (Wildman–Crippen MR) is 94.1 cm³/mol.